The lowest BCUT2D eigenvalue weighted by Gasteiger charge is -2.08. The van der Waals surface area contributed by atoms with E-state index in [2.05, 4.69) is 10.5 Å². The van der Waals surface area contributed by atoms with E-state index in [1.165, 1.54) is 6.07 Å². The quantitative estimate of drug-likeness (QED) is 0.455. The van der Waals surface area contributed by atoms with E-state index in [0.717, 1.165) is 0 Å². The smallest absolute Gasteiger partial charge is 0.356 e. The van der Waals surface area contributed by atoms with Crippen molar-refractivity contribution in [3.05, 3.63) is 59.2 Å². The molecule has 0 unspecified atom stereocenters. The number of nitrogens with two attached hydrogens (primary N) is 1. The molecule has 0 bridgehead atoms. The number of nitrogen functional groups attached to an aromatic ring is 1. The molecule has 0 spiro atoms. The lowest BCUT2D eigenvalue weighted by molar-refractivity contribution is -0.129. The number of hydrazone groups is 1. The molecule has 4 N–H and O–H groups in total. The summed E-state index contributed by atoms with van der Waals surface area (Å²) in [6.07, 6.45) is 0. The number of rotatable bonds is 4. The maximum absolute atomic E-state index is 11.4. The first-order valence-electron chi connectivity index (χ1n) is 6.45. The van der Waals surface area contributed by atoms with Gasteiger partial charge >= 0.3 is 5.97 Å². The fourth-order valence-corrected chi connectivity index (χ4v) is 1.97. The molecule has 0 aromatic heterocycles. The summed E-state index contributed by atoms with van der Waals surface area (Å²) < 4.78 is 0. The van der Waals surface area contributed by atoms with E-state index in [-0.39, 0.29) is 11.4 Å². The standard InChI is InChI=1S/C16H14N4O2/c1-10-7-11(8-14(18)13(10)9-17)15(16(21)22)20-19-12-5-3-2-4-6-12/h2-8,19H,18H2,1H3,(H,21,22)/b20-15+. The summed E-state index contributed by atoms with van der Waals surface area (Å²) in [5.74, 6) is -1.19. The molecule has 6 nitrogen and oxygen atoms in total. The number of nitrogens with zero attached hydrogens (tertiary/aromatic N) is 2. The Morgan fingerprint density at radius 3 is 2.55 bits per heavy atom. The molecule has 0 amide bonds. The first kappa shape index (κ1) is 15.1. The topological polar surface area (TPSA) is 112 Å². The highest BCUT2D eigenvalue weighted by Gasteiger charge is 2.16. The zero-order valence-corrected chi connectivity index (χ0v) is 11.9. The van der Waals surface area contributed by atoms with Crippen molar-refractivity contribution in [3.8, 4) is 6.07 Å². The Bertz CT molecular complexity index is 753. The Morgan fingerprint density at radius 2 is 2.00 bits per heavy atom. The number of nitriles is 1. The molecule has 110 valence electrons. The van der Waals surface area contributed by atoms with Crippen LogP contribution in [0.1, 0.15) is 16.7 Å². The fourth-order valence-electron chi connectivity index (χ4n) is 1.97. The largest absolute Gasteiger partial charge is 0.476 e. The number of nitrogens with one attached hydrogen (secondary N) is 1. The van der Waals surface area contributed by atoms with Gasteiger partial charge in [0, 0.05) is 5.56 Å². The number of anilines is 2. The molecule has 2 rings (SSSR count). The van der Waals surface area contributed by atoms with Crippen LogP contribution in [0.3, 0.4) is 0 Å². The molecule has 22 heavy (non-hydrogen) atoms. The van der Waals surface area contributed by atoms with Crippen molar-refractivity contribution in [2.75, 3.05) is 11.2 Å². The van der Waals surface area contributed by atoms with Gasteiger partial charge in [-0.2, -0.15) is 10.4 Å². The molecule has 2 aromatic carbocycles. The third-order valence-electron chi connectivity index (χ3n) is 3.02. The number of hydrogen-bond donors (Lipinski definition) is 3. The second-order valence-corrected chi connectivity index (χ2v) is 4.61. The van der Waals surface area contributed by atoms with E-state index in [1.54, 1.807) is 25.1 Å². The minimum absolute atomic E-state index is 0.178. The van der Waals surface area contributed by atoms with Crippen LogP contribution in [-0.2, 0) is 4.79 Å². The van der Waals surface area contributed by atoms with Gasteiger partial charge in [0.25, 0.3) is 0 Å². The van der Waals surface area contributed by atoms with Gasteiger partial charge in [-0.3, -0.25) is 5.43 Å². The van der Waals surface area contributed by atoms with E-state index >= 15 is 0 Å². The summed E-state index contributed by atoms with van der Waals surface area (Å²) in [5, 5.41) is 22.3. The van der Waals surface area contributed by atoms with Gasteiger partial charge in [0.05, 0.1) is 16.9 Å². The molecule has 0 radical (unpaired) electrons. The van der Waals surface area contributed by atoms with Crippen LogP contribution in [0.4, 0.5) is 11.4 Å². The Balaban J connectivity index is 2.41. The van der Waals surface area contributed by atoms with Gasteiger partial charge in [-0.15, -0.1) is 0 Å². The second-order valence-electron chi connectivity index (χ2n) is 4.61. The summed E-state index contributed by atoms with van der Waals surface area (Å²) >= 11 is 0. The van der Waals surface area contributed by atoms with Gasteiger partial charge in [0.2, 0.25) is 0 Å². The van der Waals surface area contributed by atoms with E-state index in [4.69, 9.17) is 11.0 Å². The maximum atomic E-state index is 11.4. The van der Waals surface area contributed by atoms with E-state index < -0.39 is 5.97 Å². The summed E-state index contributed by atoms with van der Waals surface area (Å²) in [7, 11) is 0. The minimum Gasteiger partial charge on any atom is -0.476 e. The van der Waals surface area contributed by atoms with Crippen molar-refractivity contribution >= 4 is 23.1 Å². The average Bonchev–Trinajstić information content (AvgIpc) is 2.48. The van der Waals surface area contributed by atoms with Crippen molar-refractivity contribution < 1.29 is 9.90 Å². The number of carboxylic acids is 1. The van der Waals surface area contributed by atoms with Gasteiger partial charge in [-0.25, -0.2) is 4.79 Å². The number of carboxylic acid groups (broad SMARTS) is 1. The SMILES string of the molecule is Cc1cc(/C(=N\Nc2ccccc2)C(=O)O)cc(N)c1C#N. The Kier molecular flexibility index (Phi) is 4.39. The average molecular weight is 294 g/mol. The lowest BCUT2D eigenvalue weighted by atomic mass is 10.0. The highest BCUT2D eigenvalue weighted by Crippen LogP contribution is 2.19. The van der Waals surface area contributed by atoms with Gasteiger partial charge in [0.1, 0.15) is 6.07 Å². The Morgan fingerprint density at radius 1 is 1.32 bits per heavy atom. The number of para-hydroxylation sites is 1. The summed E-state index contributed by atoms with van der Waals surface area (Å²) in [6, 6.07) is 14.0. The number of aryl methyl sites for hydroxylation is 1. The van der Waals surface area contributed by atoms with Crippen LogP contribution < -0.4 is 11.2 Å². The first-order valence-corrected chi connectivity index (χ1v) is 6.45. The molecule has 0 fully saturated rings. The molecule has 0 aliphatic rings. The van der Waals surface area contributed by atoms with Gasteiger partial charge in [-0.05, 0) is 36.8 Å². The predicted octanol–water partition coefficient (Wildman–Crippen LogP) is 2.35. The number of carbonyl (C=O) groups is 1. The molecule has 0 saturated carbocycles. The zero-order chi connectivity index (χ0) is 16.1. The van der Waals surface area contributed by atoms with Crippen LogP contribution >= 0.6 is 0 Å². The highest BCUT2D eigenvalue weighted by atomic mass is 16.4. The first-order chi connectivity index (χ1) is 10.5. The zero-order valence-electron chi connectivity index (χ0n) is 11.9. The molecule has 0 heterocycles. The molecule has 0 aliphatic heterocycles. The molecule has 6 heteroatoms. The molecule has 0 atom stereocenters. The van der Waals surface area contributed by atoms with Crippen molar-refractivity contribution in [3.63, 3.8) is 0 Å². The summed E-state index contributed by atoms with van der Waals surface area (Å²) in [5.41, 5.74) is 10.5. The van der Waals surface area contributed by atoms with Crippen molar-refractivity contribution in [1.29, 1.82) is 5.26 Å². The predicted molar refractivity (Wildman–Crippen MR) is 84.5 cm³/mol. The number of aliphatic carboxylic acids is 1. The molecule has 0 aliphatic carbocycles. The third-order valence-corrected chi connectivity index (χ3v) is 3.02. The highest BCUT2D eigenvalue weighted by molar-refractivity contribution is 6.42. The van der Waals surface area contributed by atoms with Gasteiger partial charge < -0.3 is 10.8 Å². The lowest BCUT2D eigenvalue weighted by Crippen LogP contribution is -2.17. The fraction of sp³-hybridized carbons (Fsp3) is 0.0625. The van der Waals surface area contributed by atoms with Crippen molar-refractivity contribution in [1.82, 2.24) is 0 Å². The minimum atomic E-state index is -1.19. The third kappa shape index (κ3) is 3.22. The monoisotopic (exact) mass is 294 g/mol. The summed E-state index contributed by atoms with van der Waals surface area (Å²) in [4.78, 5) is 11.4. The molecule has 0 saturated heterocycles. The van der Waals surface area contributed by atoms with Crippen LogP contribution in [0.25, 0.3) is 0 Å². The second kappa shape index (κ2) is 6.41. The van der Waals surface area contributed by atoms with E-state index in [9.17, 15) is 9.90 Å². The van der Waals surface area contributed by atoms with Crippen LogP contribution in [0.2, 0.25) is 0 Å². The van der Waals surface area contributed by atoms with Crippen LogP contribution in [0.15, 0.2) is 47.6 Å². The van der Waals surface area contributed by atoms with Crippen LogP contribution in [0.5, 0.6) is 0 Å². The summed E-state index contributed by atoms with van der Waals surface area (Å²) in [6.45, 7) is 1.70. The Labute approximate surface area is 127 Å². The van der Waals surface area contributed by atoms with Gasteiger partial charge in [-0.1, -0.05) is 18.2 Å². The normalized spacial score (nSPS) is 10.8. The van der Waals surface area contributed by atoms with Crippen molar-refractivity contribution in [2.45, 2.75) is 6.92 Å². The number of benzene rings is 2. The van der Waals surface area contributed by atoms with Crippen LogP contribution in [-0.4, -0.2) is 16.8 Å². The van der Waals surface area contributed by atoms with Gasteiger partial charge in [0.15, 0.2) is 5.71 Å². The molecular formula is C16H14N4O2. The Hall–Kier alpha value is -3.33. The maximum Gasteiger partial charge on any atom is 0.356 e. The van der Waals surface area contributed by atoms with Crippen molar-refractivity contribution in [2.24, 2.45) is 5.10 Å². The molecule has 2 aromatic rings. The van der Waals surface area contributed by atoms with E-state index in [0.29, 0.717) is 22.4 Å². The number of hydrogen-bond acceptors (Lipinski definition) is 5. The van der Waals surface area contributed by atoms with E-state index in [1.807, 2.05) is 24.3 Å². The van der Waals surface area contributed by atoms with Crippen LogP contribution in [0, 0.1) is 18.3 Å². The molecular weight excluding hydrogens is 280 g/mol.